The molecule has 30 heavy (non-hydrogen) atoms. The van der Waals surface area contributed by atoms with E-state index in [1.54, 1.807) is 6.07 Å². The highest BCUT2D eigenvalue weighted by molar-refractivity contribution is 7.13. The van der Waals surface area contributed by atoms with Crippen LogP contribution in [0.15, 0.2) is 29.6 Å². The molecule has 1 saturated carbocycles. The minimum absolute atomic E-state index is 0.0620. The van der Waals surface area contributed by atoms with Gasteiger partial charge in [-0.2, -0.15) is 0 Å². The molecule has 160 valence electrons. The number of benzene rings is 1. The summed E-state index contributed by atoms with van der Waals surface area (Å²) in [6, 6.07) is 5.65. The van der Waals surface area contributed by atoms with E-state index >= 15 is 0 Å². The van der Waals surface area contributed by atoms with Gasteiger partial charge in [0.2, 0.25) is 17.7 Å². The molecular weight excluding hydrogens is 407 g/mol. The molecule has 1 fully saturated rings. The number of nitrogens with one attached hydrogen (secondary N) is 2. The average Bonchev–Trinajstić information content (AvgIpc) is 3.36. The Labute approximate surface area is 178 Å². The molecule has 3 amide bonds. The SMILES string of the molecule is Cc1csc(NC(=O)CCC(=O)N(CC(=O)NC2CCCC2)c2cccc(F)c2)n1. The van der Waals surface area contributed by atoms with Crippen LogP contribution in [0.4, 0.5) is 15.2 Å². The molecule has 1 aliphatic carbocycles. The first-order valence-electron chi connectivity index (χ1n) is 9.98. The smallest absolute Gasteiger partial charge is 0.240 e. The van der Waals surface area contributed by atoms with Gasteiger partial charge in [0.25, 0.3) is 0 Å². The van der Waals surface area contributed by atoms with Crippen LogP contribution in [0.1, 0.15) is 44.2 Å². The zero-order chi connectivity index (χ0) is 21.5. The van der Waals surface area contributed by atoms with Crippen molar-refractivity contribution in [3.05, 3.63) is 41.2 Å². The average molecular weight is 433 g/mol. The summed E-state index contributed by atoms with van der Waals surface area (Å²) >= 11 is 1.31. The van der Waals surface area contributed by atoms with E-state index in [0.717, 1.165) is 31.4 Å². The molecular formula is C21H25FN4O3S. The van der Waals surface area contributed by atoms with Gasteiger partial charge < -0.3 is 15.5 Å². The van der Waals surface area contributed by atoms with E-state index in [1.165, 1.54) is 34.4 Å². The highest BCUT2D eigenvalue weighted by Gasteiger charge is 2.23. The van der Waals surface area contributed by atoms with Gasteiger partial charge in [0.15, 0.2) is 5.13 Å². The van der Waals surface area contributed by atoms with Crippen molar-refractivity contribution in [1.82, 2.24) is 10.3 Å². The van der Waals surface area contributed by atoms with Crippen LogP contribution in [-0.4, -0.2) is 35.3 Å². The molecule has 0 unspecified atom stereocenters. The van der Waals surface area contributed by atoms with Gasteiger partial charge in [-0.05, 0) is 38.0 Å². The Balaban J connectivity index is 1.62. The number of aromatic nitrogens is 1. The van der Waals surface area contributed by atoms with Gasteiger partial charge in [0.05, 0.1) is 5.69 Å². The Morgan fingerprint density at radius 1 is 1.20 bits per heavy atom. The lowest BCUT2D eigenvalue weighted by molar-refractivity contribution is -0.125. The Kier molecular flexibility index (Phi) is 7.51. The molecule has 0 bridgehead atoms. The van der Waals surface area contributed by atoms with Gasteiger partial charge >= 0.3 is 0 Å². The molecule has 2 N–H and O–H groups in total. The lowest BCUT2D eigenvalue weighted by Gasteiger charge is -2.23. The number of amides is 3. The zero-order valence-electron chi connectivity index (χ0n) is 16.8. The van der Waals surface area contributed by atoms with E-state index in [9.17, 15) is 18.8 Å². The standard InChI is InChI=1S/C21H25FN4O3S/c1-14-13-30-21(23-14)25-18(27)9-10-20(29)26(17-8-4-5-15(22)11-17)12-19(28)24-16-6-2-3-7-16/h4-5,8,11,13,16H,2-3,6-7,9-10,12H2,1H3,(H,24,28)(H,23,25,27). The Morgan fingerprint density at radius 2 is 1.97 bits per heavy atom. The molecule has 1 aromatic heterocycles. The topological polar surface area (TPSA) is 91.4 Å². The number of hydrogen-bond acceptors (Lipinski definition) is 5. The van der Waals surface area contributed by atoms with Crippen molar-refractivity contribution in [2.75, 3.05) is 16.8 Å². The van der Waals surface area contributed by atoms with Gasteiger partial charge in [-0.25, -0.2) is 9.37 Å². The largest absolute Gasteiger partial charge is 0.352 e. The maximum absolute atomic E-state index is 13.7. The summed E-state index contributed by atoms with van der Waals surface area (Å²) in [4.78, 5) is 42.8. The number of hydrogen-bond donors (Lipinski definition) is 2. The molecule has 2 aromatic rings. The maximum atomic E-state index is 13.7. The first-order valence-corrected chi connectivity index (χ1v) is 10.9. The van der Waals surface area contributed by atoms with Gasteiger partial charge in [-0.1, -0.05) is 18.9 Å². The number of nitrogens with zero attached hydrogens (tertiary/aromatic N) is 2. The van der Waals surface area contributed by atoms with Crippen LogP contribution in [0.5, 0.6) is 0 Å². The van der Waals surface area contributed by atoms with E-state index in [1.807, 2.05) is 12.3 Å². The molecule has 0 atom stereocenters. The fourth-order valence-corrected chi connectivity index (χ4v) is 4.11. The van der Waals surface area contributed by atoms with Crippen molar-refractivity contribution < 1.29 is 18.8 Å². The maximum Gasteiger partial charge on any atom is 0.240 e. The Morgan fingerprint density at radius 3 is 2.63 bits per heavy atom. The lowest BCUT2D eigenvalue weighted by atomic mass is 10.2. The van der Waals surface area contributed by atoms with E-state index in [-0.39, 0.29) is 42.9 Å². The molecule has 1 heterocycles. The van der Waals surface area contributed by atoms with Crippen LogP contribution in [-0.2, 0) is 14.4 Å². The van der Waals surface area contributed by atoms with Crippen LogP contribution in [0.25, 0.3) is 0 Å². The number of carbonyl (C=O) groups is 3. The highest BCUT2D eigenvalue weighted by atomic mass is 32.1. The normalized spacial score (nSPS) is 13.8. The lowest BCUT2D eigenvalue weighted by Crippen LogP contribution is -2.43. The molecule has 0 spiro atoms. The Hall–Kier alpha value is -2.81. The van der Waals surface area contributed by atoms with Crippen molar-refractivity contribution in [3.8, 4) is 0 Å². The molecule has 3 rings (SSSR count). The zero-order valence-corrected chi connectivity index (χ0v) is 17.6. The number of thiazole rings is 1. The Bertz CT molecular complexity index is 911. The van der Waals surface area contributed by atoms with Gasteiger partial charge in [-0.3, -0.25) is 14.4 Å². The van der Waals surface area contributed by atoms with E-state index in [2.05, 4.69) is 15.6 Å². The van der Waals surface area contributed by atoms with Crippen molar-refractivity contribution >= 4 is 39.9 Å². The van der Waals surface area contributed by atoms with Crippen molar-refractivity contribution in [1.29, 1.82) is 0 Å². The third-order valence-electron chi connectivity index (χ3n) is 4.87. The monoisotopic (exact) mass is 432 g/mol. The van der Waals surface area contributed by atoms with E-state index < -0.39 is 11.7 Å². The number of carbonyl (C=O) groups excluding carboxylic acids is 3. The number of rotatable bonds is 8. The second-order valence-corrected chi connectivity index (χ2v) is 8.21. The minimum atomic E-state index is -0.501. The molecule has 1 aliphatic rings. The highest BCUT2D eigenvalue weighted by Crippen LogP contribution is 2.20. The molecule has 7 nitrogen and oxygen atoms in total. The summed E-state index contributed by atoms with van der Waals surface area (Å²) in [6.07, 6.45) is 3.83. The summed E-state index contributed by atoms with van der Waals surface area (Å²) in [6.45, 7) is 1.61. The summed E-state index contributed by atoms with van der Waals surface area (Å²) in [5.41, 5.74) is 1.09. The third-order valence-corrected chi connectivity index (χ3v) is 5.75. The second-order valence-electron chi connectivity index (χ2n) is 7.35. The van der Waals surface area contributed by atoms with Crippen molar-refractivity contribution in [2.45, 2.75) is 51.5 Å². The van der Waals surface area contributed by atoms with E-state index in [4.69, 9.17) is 0 Å². The van der Waals surface area contributed by atoms with Gasteiger partial charge in [0, 0.05) is 30.0 Å². The van der Waals surface area contributed by atoms with Crippen LogP contribution in [0.2, 0.25) is 0 Å². The van der Waals surface area contributed by atoms with Crippen LogP contribution >= 0.6 is 11.3 Å². The summed E-state index contributed by atoms with van der Waals surface area (Å²) in [7, 11) is 0. The first-order chi connectivity index (χ1) is 14.4. The third kappa shape index (κ3) is 6.35. The summed E-state index contributed by atoms with van der Waals surface area (Å²) in [5.74, 6) is -1.56. The first kappa shape index (κ1) is 21.9. The van der Waals surface area contributed by atoms with Gasteiger partial charge in [0.1, 0.15) is 12.4 Å². The fourth-order valence-electron chi connectivity index (χ4n) is 3.40. The van der Waals surface area contributed by atoms with Crippen LogP contribution < -0.4 is 15.5 Å². The minimum Gasteiger partial charge on any atom is -0.352 e. The molecule has 0 radical (unpaired) electrons. The summed E-state index contributed by atoms with van der Waals surface area (Å²) in [5, 5.41) is 7.88. The predicted octanol–water partition coefficient (Wildman–Crippen LogP) is 3.40. The van der Waals surface area contributed by atoms with Crippen LogP contribution in [0.3, 0.4) is 0 Å². The molecule has 1 aromatic carbocycles. The van der Waals surface area contributed by atoms with Crippen LogP contribution in [0, 0.1) is 12.7 Å². The molecule has 0 saturated heterocycles. The fraction of sp³-hybridized carbons (Fsp3) is 0.429. The number of aryl methyl sites for hydroxylation is 1. The molecule has 9 heteroatoms. The van der Waals surface area contributed by atoms with E-state index in [0.29, 0.717) is 5.13 Å². The number of halogens is 1. The van der Waals surface area contributed by atoms with Crippen molar-refractivity contribution in [3.63, 3.8) is 0 Å². The second kappa shape index (κ2) is 10.3. The van der Waals surface area contributed by atoms with Gasteiger partial charge in [-0.15, -0.1) is 11.3 Å². The summed E-state index contributed by atoms with van der Waals surface area (Å²) < 4.78 is 13.7. The molecule has 0 aliphatic heterocycles. The number of anilines is 2. The predicted molar refractivity (Wildman–Crippen MR) is 114 cm³/mol. The quantitative estimate of drug-likeness (QED) is 0.669. The van der Waals surface area contributed by atoms with Crippen molar-refractivity contribution in [2.24, 2.45) is 0 Å².